The Morgan fingerprint density at radius 1 is 1.62 bits per heavy atom. The van der Waals surface area contributed by atoms with Crippen molar-refractivity contribution in [2.24, 2.45) is 0 Å². The second-order valence-electron chi connectivity index (χ2n) is 4.33. The molecule has 0 amide bonds. The molecule has 1 aliphatic heterocycles. The molecule has 1 aromatic rings. The molecule has 1 unspecified atom stereocenters. The summed E-state index contributed by atoms with van der Waals surface area (Å²) in [5.74, 6) is 0.629. The van der Waals surface area contributed by atoms with Gasteiger partial charge in [-0.3, -0.25) is 0 Å². The Hall–Kier alpha value is -1.00. The molecule has 1 saturated heterocycles. The zero-order chi connectivity index (χ0) is 11.6. The molecule has 16 heavy (non-hydrogen) atoms. The minimum absolute atomic E-state index is 0.115. The van der Waals surface area contributed by atoms with Gasteiger partial charge in [0.2, 0.25) is 0 Å². The highest BCUT2D eigenvalue weighted by Crippen LogP contribution is 2.26. The van der Waals surface area contributed by atoms with Crippen LogP contribution in [0.2, 0.25) is 5.15 Å². The third kappa shape index (κ3) is 2.57. The minimum Gasteiger partial charge on any atom is -0.396 e. The first-order chi connectivity index (χ1) is 7.59. The van der Waals surface area contributed by atoms with Crippen LogP contribution < -0.4 is 11.1 Å². The highest BCUT2D eigenvalue weighted by atomic mass is 35.5. The molecule has 1 atom stereocenters. The van der Waals surface area contributed by atoms with Gasteiger partial charge in [0, 0.05) is 13.2 Å². The van der Waals surface area contributed by atoms with E-state index in [1.807, 2.05) is 0 Å². The number of rotatable bonds is 3. The summed E-state index contributed by atoms with van der Waals surface area (Å²) in [6.45, 7) is 3.62. The van der Waals surface area contributed by atoms with E-state index in [-0.39, 0.29) is 5.60 Å². The number of halogens is 1. The van der Waals surface area contributed by atoms with Gasteiger partial charge in [0.05, 0.1) is 11.3 Å². The van der Waals surface area contributed by atoms with Crippen LogP contribution in [0.5, 0.6) is 0 Å². The van der Waals surface area contributed by atoms with Crippen LogP contribution >= 0.6 is 11.6 Å². The zero-order valence-electron chi connectivity index (χ0n) is 9.29. The number of aromatic nitrogens is 1. The number of pyridine rings is 1. The Labute approximate surface area is 100 Å². The Balaban J connectivity index is 2.01. The first-order valence-corrected chi connectivity index (χ1v) is 5.77. The first-order valence-electron chi connectivity index (χ1n) is 5.39. The van der Waals surface area contributed by atoms with Gasteiger partial charge in [-0.05, 0) is 31.9 Å². The van der Waals surface area contributed by atoms with E-state index in [4.69, 9.17) is 22.1 Å². The van der Waals surface area contributed by atoms with Crippen molar-refractivity contribution in [1.82, 2.24) is 4.98 Å². The third-order valence-electron chi connectivity index (χ3n) is 2.82. The lowest BCUT2D eigenvalue weighted by Gasteiger charge is -2.24. The standard InChI is InChI=1S/C11H16ClN3O/c1-11(5-2-6-16-11)7-14-10-8(13)3-4-9(12)15-10/h3-4H,2,5-7,13H2,1H3,(H,14,15). The Kier molecular flexibility index (Phi) is 3.21. The van der Waals surface area contributed by atoms with E-state index in [2.05, 4.69) is 17.2 Å². The van der Waals surface area contributed by atoms with Gasteiger partial charge in [0.1, 0.15) is 5.15 Å². The summed E-state index contributed by atoms with van der Waals surface area (Å²) in [5, 5.41) is 3.63. The van der Waals surface area contributed by atoms with Gasteiger partial charge in [-0.15, -0.1) is 0 Å². The largest absolute Gasteiger partial charge is 0.396 e. The summed E-state index contributed by atoms with van der Waals surface area (Å²) in [6.07, 6.45) is 2.16. The van der Waals surface area contributed by atoms with E-state index in [9.17, 15) is 0 Å². The van der Waals surface area contributed by atoms with Gasteiger partial charge in [0.15, 0.2) is 5.82 Å². The second kappa shape index (κ2) is 4.47. The highest BCUT2D eigenvalue weighted by Gasteiger charge is 2.29. The molecule has 0 bridgehead atoms. The topological polar surface area (TPSA) is 60.2 Å². The summed E-state index contributed by atoms with van der Waals surface area (Å²) in [5.41, 5.74) is 6.28. The average Bonchev–Trinajstić information content (AvgIpc) is 2.67. The van der Waals surface area contributed by atoms with Crippen LogP contribution in [0.15, 0.2) is 12.1 Å². The van der Waals surface area contributed by atoms with Crippen molar-refractivity contribution in [2.45, 2.75) is 25.4 Å². The molecule has 0 saturated carbocycles. The van der Waals surface area contributed by atoms with E-state index < -0.39 is 0 Å². The molecule has 88 valence electrons. The quantitative estimate of drug-likeness (QED) is 0.798. The van der Waals surface area contributed by atoms with Gasteiger partial charge in [-0.25, -0.2) is 4.98 Å². The summed E-state index contributed by atoms with van der Waals surface area (Å²) >= 11 is 5.81. The lowest BCUT2D eigenvalue weighted by atomic mass is 10.0. The maximum Gasteiger partial charge on any atom is 0.151 e. The maximum absolute atomic E-state index is 5.81. The number of nitrogens with one attached hydrogen (secondary N) is 1. The fraction of sp³-hybridized carbons (Fsp3) is 0.545. The number of nitrogen functional groups attached to an aromatic ring is 1. The van der Waals surface area contributed by atoms with Gasteiger partial charge in [0.25, 0.3) is 0 Å². The number of nitrogens with zero attached hydrogens (tertiary/aromatic N) is 1. The molecule has 2 heterocycles. The predicted octanol–water partition coefficient (Wildman–Crippen LogP) is 2.30. The highest BCUT2D eigenvalue weighted by molar-refractivity contribution is 6.29. The zero-order valence-corrected chi connectivity index (χ0v) is 10.0. The molecule has 0 radical (unpaired) electrons. The van der Waals surface area contributed by atoms with Crippen LogP contribution in [0.1, 0.15) is 19.8 Å². The molecule has 2 rings (SSSR count). The smallest absolute Gasteiger partial charge is 0.151 e. The summed E-state index contributed by atoms with van der Waals surface area (Å²) in [4.78, 5) is 4.14. The van der Waals surface area contributed by atoms with Crippen LogP contribution in [0, 0.1) is 0 Å². The fourth-order valence-electron chi connectivity index (χ4n) is 1.83. The number of nitrogens with two attached hydrogens (primary N) is 1. The van der Waals surface area contributed by atoms with Gasteiger partial charge < -0.3 is 15.8 Å². The van der Waals surface area contributed by atoms with Crippen LogP contribution in [0.25, 0.3) is 0 Å². The molecule has 5 heteroatoms. The third-order valence-corrected chi connectivity index (χ3v) is 3.03. The fourth-order valence-corrected chi connectivity index (χ4v) is 1.98. The average molecular weight is 242 g/mol. The Bertz CT molecular complexity index is 377. The molecule has 1 fully saturated rings. The van der Waals surface area contributed by atoms with Crippen molar-refractivity contribution >= 4 is 23.1 Å². The molecule has 0 spiro atoms. The van der Waals surface area contributed by atoms with E-state index in [1.165, 1.54) is 0 Å². The van der Waals surface area contributed by atoms with Gasteiger partial charge >= 0.3 is 0 Å². The maximum atomic E-state index is 5.81. The predicted molar refractivity (Wildman–Crippen MR) is 65.7 cm³/mol. The summed E-state index contributed by atoms with van der Waals surface area (Å²) < 4.78 is 5.67. The van der Waals surface area contributed by atoms with Gasteiger partial charge in [-0.1, -0.05) is 11.6 Å². The first kappa shape index (κ1) is 11.5. The molecule has 1 aromatic heterocycles. The van der Waals surface area contributed by atoms with Crippen LogP contribution in [0.4, 0.5) is 11.5 Å². The molecule has 0 aromatic carbocycles. The van der Waals surface area contributed by atoms with Crippen LogP contribution in [-0.2, 0) is 4.74 Å². The summed E-state index contributed by atoms with van der Waals surface area (Å²) in [6, 6.07) is 3.42. The van der Waals surface area contributed by atoms with Gasteiger partial charge in [-0.2, -0.15) is 0 Å². The molecule has 1 aliphatic rings. The van der Waals surface area contributed by atoms with E-state index in [0.717, 1.165) is 19.4 Å². The molecule has 4 nitrogen and oxygen atoms in total. The SMILES string of the molecule is CC1(CNc2nc(Cl)ccc2N)CCCO1. The van der Waals surface area contributed by atoms with Crippen LogP contribution in [-0.4, -0.2) is 23.7 Å². The summed E-state index contributed by atoms with van der Waals surface area (Å²) in [7, 11) is 0. The Morgan fingerprint density at radius 3 is 3.12 bits per heavy atom. The molecular formula is C11H16ClN3O. The minimum atomic E-state index is -0.115. The Morgan fingerprint density at radius 2 is 2.44 bits per heavy atom. The van der Waals surface area contributed by atoms with Crippen molar-refractivity contribution in [3.63, 3.8) is 0 Å². The number of hydrogen-bond donors (Lipinski definition) is 2. The van der Waals surface area contributed by atoms with E-state index in [0.29, 0.717) is 23.2 Å². The second-order valence-corrected chi connectivity index (χ2v) is 4.71. The normalized spacial score (nSPS) is 24.6. The molecule has 3 N–H and O–H groups in total. The number of ether oxygens (including phenoxy) is 1. The van der Waals surface area contributed by atoms with E-state index >= 15 is 0 Å². The van der Waals surface area contributed by atoms with Crippen molar-refractivity contribution in [2.75, 3.05) is 24.2 Å². The lowest BCUT2D eigenvalue weighted by Crippen LogP contribution is -2.32. The van der Waals surface area contributed by atoms with Crippen molar-refractivity contribution in [1.29, 1.82) is 0 Å². The van der Waals surface area contributed by atoms with Crippen molar-refractivity contribution in [3.05, 3.63) is 17.3 Å². The lowest BCUT2D eigenvalue weighted by molar-refractivity contribution is 0.0315. The van der Waals surface area contributed by atoms with Crippen molar-refractivity contribution < 1.29 is 4.74 Å². The number of anilines is 2. The van der Waals surface area contributed by atoms with E-state index in [1.54, 1.807) is 12.1 Å². The molecule has 0 aliphatic carbocycles. The van der Waals surface area contributed by atoms with Crippen molar-refractivity contribution in [3.8, 4) is 0 Å². The van der Waals surface area contributed by atoms with Crippen LogP contribution in [0.3, 0.4) is 0 Å². The number of hydrogen-bond acceptors (Lipinski definition) is 4. The molecular weight excluding hydrogens is 226 g/mol. The monoisotopic (exact) mass is 241 g/mol.